The van der Waals surface area contributed by atoms with Gasteiger partial charge in [-0.15, -0.1) is 0 Å². The van der Waals surface area contributed by atoms with E-state index in [9.17, 15) is 0 Å². The van der Waals surface area contributed by atoms with Gasteiger partial charge in [0.05, 0.1) is 6.61 Å². The minimum atomic E-state index is 0.603. The van der Waals surface area contributed by atoms with E-state index in [-0.39, 0.29) is 0 Å². The summed E-state index contributed by atoms with van der Waals surface area (Å²) in [6.07, 6.45) is 3.70. The molecule has 0 aromatic heterocycles. The minimum absolute atomic E-state index is 0.603. The molecule has 1 heterocycles. The monoisotopic (exact) mass is 228 g/mol. The molecule has 3 nitrogen and oxygen atoms in total. The predicted octanol–water partition coefficient (Wildman–Crippen LogP) is 1.88. The van der Waals surface area contributed by atoms with Gasteiger partial charge in [-0.05, 0) is 19.4 Å². The van der Waals surface area contributed by atoms with Gasteiger partial charge in [0.2, 0.25) is 0 Å². The van der Waals surface area contributed by atoms with Crippen LogP contribution in [0.5, 0.6) is 0 Å². The van der Waals surface area contributed by atoms with Crippen LogP contribution >= 0.6 is 0 Å². The van der Waals surface area contributed by atoms with Crippen LogP contribution in [0.4, 0.5) is 0 Å². The lowest BCUT2D eigenvalue weighted by molar-refractivity contribution is 0.108. The number of hydrogen-bond donors (Lipinski definition) is 1. The van der Waals surface area contributed by atoms with Crippen LogP contribution in [0.3, 0.4) is 0 Å². The zero-order valence-corrected chi connectivity index (χ0v) is 11.2. The van der Waals surface area contributed by atoms with E-state index in [4.69, 9.17) is 4.74 Å². The maximum Gasteiger partial charge on any atom is 0.0593 e. The molecule has 1 fully saturated rings. The fraction of sp³-hybridized carbons (Fsp3) is 1.00. The molecule has 1 rings (SSSR count). The highest BCUT2D eigenvalue weighted by Gasteiger charge is 2.21. The van der Waals surface area contributed by atoms with Gasteiger partial charge in [-0.25, -0.2) is 0 Å². The summed E-state index contributed by atoms with van der Waals surface area (Å²) in [7, 11) is 0. The number of likely N-dealkylation sites (tertiary alicyclic amines) is 1. The fourth-order valence-corrected chi connectivity index (χ4v) is 2.19. The van der Waals surface area contributed by atoms with Gasteiger partial charge in [-0.3, -0.25) is 4.90 Å². The number of nitrogens with zero attached hydrogens (tertiary/aromatic N) is 1. The van der Waals surface area contributed by atoms with Crippen molar-refractivity contribution >= 4 is 0 Å². The zero-order chi connectivity index (χ0) is 11.8. The lowest BCUT2D eigenvalue weighted by Crippen LogP contribution is -2.37. The van der Waals surface area contributed by atoms with Crippen molar-refractivity contribution in [1.29, 1.82) is 0 Å². The van der Waals surface area contributed by atoms with Crippen molar-refractivity contribution in [3.05, 3.63) is 0 Å². The summed E-state index contributed by atoms with van der Waals surface area (Å²) >= 11 is 0. The van der Waals surface area contributed by atoms with E-state index in [1.807, 2.05) is 0 Å². The van der Waals surface area contributed by atoms with Crippen LogP contribution in [0.15, 0.2) is 0 Å². The van der Waals surface area contributed by atoms with Crippen molar-refractivity contribution in [3.8, 4) is 0 Å². The highest BCUT2D eigenvalue weighted by atomic mass is 16.5. The van der Waals surface area contributed by atoms with Gasteiger partial charge in [0.15, 0.2) is 0 Å². The third-order valence-corrected chi connectivity index (χ3v) is 3.04. The van der Waals surface area contributed by atoms with Crippen molar-refractivity contribution in [2.45, 2.75) is 52.1 Å². The number of hydrogen-bond acceptors (Lipinski definition) is 3. The first-order valence-electron chi connectivity index (χ1n) is 6.78. The molecular weight excluding hydrogens is 200 g/mol. The quantitative estimate of drug-likeness (QED) is 0.642. The summed E-state index contributed by atoms with van der Waals surface area (Å²) in [4.78, 5) is 2.51. The van der Waals surface area contributed by atoms with Crippen LogP contribution in [0.2, 0.25) is 0 Å². The summed E-state index contributed by atoms with van der Waals surface area (Å²) in [6, 6.07) is 1.29. The van der Waals surface area contributed by atoms with Gasteiger partial charge in [0.1, 0.15) is 0 Å². The third kappa shape index (κ3) is 5.83. The highest BCUT2D eigenvalue weighted by Crippen LogP contribution is 2.09. The smallest absolute Gasteiger partial charge is 0.0593 e. The molecule has 1 saturated heterocycles. The second kappa shape index (κ2) is 8.04. The Hall–Kier alpha value is -0.120. The summed E-state index contributed by atoms with van der Waals surface area (Å²) < 4.78 is 5.59. The van der Waals surface area contributed by atoms with Crippen molar-refractivity contribution < 1.29 is 4.74 Å². The maximum absolute atomic E-state index is 5.59. The molecule has 1 atom stereocenters. The predicted molar refractivity (Wildman–Crippen MR) is 68.8 cm³/mol. The molecule has 0 saturated carbocycles. The Morgan fingerprint density at radius 1 is 1.38 bits per heavy atom. The number of unbranched alkanes of at least 4 members (excludes halogenated alkanes) is 1. The third-order valence-electron chi connectivity index (χ3n) is 3.04. The second-order valence-electron chi connectivity index (χ2n) is 5.07. The molecule has 1 aliphatic rings. The fourth-order valence-electron chi connectivity index (χ4n) is 2.19. The van der Waals surface area contributed by atoms with Gasteiger partial charge < -0.3 is 10.1 Å². The molecule has 1 unspecified atom stereocenters. The first kappa shape index (κ1) is 13.9. The van der Waals surface area contributed by atoms with Crippen LogP contribution in [0.1, 0.15) is 40.0 Å². The van der Waals surface area contributed by atoms with Crippen LogP contribution in [0.25, 0.3) is 0 Å². The molecule has 0 bridgehead atoms. The Labute approximate surface area is 101 Å². The summed E-state index contributed by atoms with van der Waals surface area (Å²) in [5.74, 6) is 0. The van der Waals surface area contributed by atoms with E-state index < -0.39 is 0 Å². The Morgan fingerprint density at radius 2 is 2.19 bits per heavy atom. The topological polar surface area (TPSA) is 24.5 Å². The van der Waals surface area contributed by atoms with E-state index in [0.29, 0.717) is 12.1 Å². The Bertz CT molecular complexity index is 173. The van der Waals surface area contributed by atoms with E-state index in [1.165, 1.54) is 32.4 Å². The van der Waals surface area contributed by atoms with Crippen molar-refractivity contribution in [1.82, 2.24) is 10.2 Å². The van der Waals surface area contributed by atoms with Gasteiger partial charge in [0.25, 0.3) is 0 Å². The molecule has 0 radical (unpaired) electrons. The number of ether oxygens (including phenoxy) is 1. The average Bonchev–Trinajstić information content (AvgIpc) is 2.64. The second-order valence-corrected chi connectivity index (χ2v) is 5.07. The molecule has 96 valence electrons. The van der Waals surface area contributed by atoms with Gasteiger partial charge in [-0.1, -0.05) is 27.2 Å². The van der Waals surface area contributed by atoms with Crippen molar-refractivity contribution in [2.75, 3.05) is 32.8 Å². The average molecular weight is 228 g/mol. The van der Waals surface area contributed by atoms with Gasteiger partial charge in [-0.2, -0.15) is 0 Å². The Balaban J connectivity index is 1.99. The van der Waals surface area contributed by atoms with Crippen LogP contribution in [-0.2, 0) is 4.74 Å². The number of rotatable bonds is 8. The standard InChI is InChI=1S/C13H28N2O/c1-4-5-9-16-10-8-15-7-6-13(11-15)14-12(2)3/h12-14H,4-11H2,1-3H3. The van der Waals surface area contributed by atoms with E-state index in [0.717, 1.165) is 19.8 Å². The molecule has 0 aliphatic carbocycles. The van der Waals surface area contributed by atoms with Crippen LogP contribution in [-0.4, -0.2) is 49.8 Å². The molecule has 0 spiro atoms. The summed E-state index contributed by atoms with van der Waals surface area (Å²) in [6.45, 7) is 12.0. The largest absolute Gasteiger partial charge is 0.380 e. The zero-order valence-electron chi connectivity index (χ0n) is 11.2. The first-order chi connectivity index (χ1) is 7.72. The normalized spacial score (nSPS) is 22.1. The molecule has 0 amide bonds. The molecule has 1 N–H and O–H groups in total. The van der Waals surface area contributed by atoms with Crippen LogP contribution < -0.4 is 5.32 Å². The number of nitrogens with one attached hydrogen (secondary N) is 1. The summed E-state index contributed by atoms with van der Waals surface area (Å²) in [5.41, 5.74) is 0. The van der Waals surface area contributed by atoms with E-state index >= 15 is 0 Å². The molecule has 16 heavy (non-hydrogen) atoms. The van der Waals surface area contributed by atoms with Gasteiger partial charge in [0, 0.05) is 31.8 Å². The molecular formula is C13H28N2O. The van der Waals surface area contributed by atoms with Crippen LogP contribution in [0, 0.1) is 0 Å². The summed E-state index contributed by atoms with van der Waals surface area (Å²) in [5, 5.41) is 3.60. The maximum atomic E-state index is 5.59. The molecule has 3 heteroatoms. The lowest BCUT2D eigenvalue weighted by atomic mass is 10.2. The molecule has 0 aromatic carbocycles. The van der Waals surface area contributed by atoms with Crippen molar-refractivity contribution in [2.24, 2.45) is 0 Å². The molecule has 1 aliphatic heterocycles. The first-order valence-corrected chi connectivity index (χ1v) is 6.78. The minimum Gasteiger partial charge on any atom is -0.380 e. The molecule has 0 aromatic rings. The Morgan fingerprint density at radius 3 is 2.88 bits per heavy atom. The van der Waals surface area contributed by atoms with Crippen molar-refractivity contribution in [3.63, 3.8) is 0 Å². The lowest BCUT2D eigenvalue weighted by Gasteiger charge is -2.18. The van der Waals surface area contributed by atoms with Gasteiger partial charge >= 0.3 is 0 Å². The highest BCUT2D eigenvalue weighted by molar-refractivity contribution is 4.81. The van der Waals surface area contributed by atoms with E-state index in [2.05, 4.69) is 31.0 Å². The SMILES string of the molecule is CCCCOCCN1CCC(NC(C)C)C1. The Kier molecular flexibility index (Phi) is 7.01. The van der Waals surface area contributed by atoms with E-state index in [1.54, 1.807) is 0 Å².